The first-order valence-corrected chi connectivity index (χ1v) is 7.71. The Morgan fingerprint density at radius 3 is 3.12 bits per heavy atom. The van der Waals surface area contributed by atoms with E-state index in [9.17, 15) is 0 Å². The van der Waals surface area contributed by atoms with Crippen LogP contribution in [0.4, 0.5) is 0 Å². The Kier molecular flexibility index (Phi) is 4.63. The summed E-state index contributed by atoms with van der Waals surface area (Å²) in [5, 5.41) is 0.626. The maximum absolute atomic E-state index is 5.94. The van der Waals surface area contributed by atoms with Crippen molar-refractivity contribution in [2.45, 2.75) is 38.0 Å². The second kappa shape index (κ2) is 6.01. The second-order valence-electron chi connectivity index (χ2n) is 4.68. The number of fused-ring (bicyclic) bond motifs is 1. The van der Waals surface area contributed by atoms with Gasteiger partial charge in [0, 0.05) is 23.3 Å². The molecule has 94 valence electrons. The first-order valence-electron chi connectivity index (χ1n) is 6.13. The number of aryl methyl sites for hydroxylation is 1. The third kappa shape index (κ3) is 3.56. The Morgan fingerprint density at radius 2 is 2.35 bits per heavy atom. The van der Waals surface area contributed by atoms with E-state index in [0.717, 1.165) is 30.2 Å². The number of alkyl halides is 1. The van der Waals surface area contributed by atoms with Crippen LogP contribution >= 0.6 is 23.4 Å². The van der Waals surface area contributed by atoms with E-state index >= 15 is 0 Å². The van der Waals surface area contributed by atoms with Crippen molar-refractivity contribution in [2.75, 3.05) is 11.6 Å². The SMILES string of the molecule is Cc1ccc2c(c1)CC(CSC(C)CCCl)O2. The van der Waals surface area contributed by atoms with Gasteiger partial charge in [-0.2, -0.15) is 11.8 Å². The number of hydrogen-bond acceptors (Lipinski definition) is 2. The molecule has 1 aromatic rings. The Morgan fingerprint density at radius 1 is 1.53 bits per heavy atom. The molecule has 0 spiro atoms. The molecule has 0 saturated heterocycles. The summed E-state index contributed by atoms with van der Waals surface area (Å²) in [6, 6.07) is 6.45. The zero-order valence-electron chi connectivity index (χ0n) is 10.4. The van der Waals surface area contributed by atoms with Crippen LogP contribution < -0.4 is 4.74 Å². The molecule has 2 atom stereocenters. The van der Waals surface area contributed by atoms with Crippen molar-refractivity contribution in [2.24, 2.45) is 0 Å². The molecule has 0 aliphatic carbocycles. The topological polar surface area (TPSA) is 9.23 Å². The number of hydrogen-bond donors (Lipinski definition) is 0. The van der Waals surface area contributed by atoms with Crippen LogP contribution in [-0.4, -0.2) is 23.0 Å². The summed E-state index contributed by atoms with van der Waals surface area (Å²) in [5.74, 6) is 2.89. The standard InChI is InChI=1S/C14H19ClOS/c1-10-3-4-14-12(7-10)8-13(16-14)9-17-11(2)5-6-15/h3-4,7,11,13H,5-6,8-9H2,1-2H3. The highest BCUT2D eigenvalue weighted by atomic mass is 35.5. The molecule has 17 heavy (non-hydrogen) atoms. The molecular weight excluding hydrogens is 252 g/mol. The zero-order chi connectivity index (χ0) is 12.3. The Hall–Kier alpha value is -0.340. The average Bonchev–Trinajstić information content (AvgIpc) is 2.68. The summed E-state index contributed by atoms with van der Waals surface area (Å²) in [5.41, 5.74) is 2.68. The normalized spacial score (nSPS) is 19.8. The molecule has 2 unspecified atom stereocenters. The molecule has 1 aromatic carbocycles. The Labute approximate surface area is 113 Å². The van der Waals surface area contributed by atoms with Gasteiger partial charge in [0.25, 0.3) is 0 Å². The van der Waals surface area contributed by atoms with Gasteiger partial charge in [-0.1, -0.05) is 24.6 Å². The zero-order valence-corrected chi connectivity index (χ0v) is 12.0. The van der Waals surface area contributed by atoms with Crippen LogP contribution in [0.25, 0.3) is 0 Å². The minimum Gasteiger partial charge on any atom is -0.489 e. The highest BCUT2D eigenvalue weighted by molar-refractivity contribution is 7.99. The highest BCUT2D eigenvalue weighted by Gasteiger charge is 2.23. The number of halogens is 1. The van der Waals surface area contributed by atoms with Crippen LogP contribution in [0.2, 0.25) is 0 Å². The lowest BCUT2D eigenvalue weighted by Crippen LogP contribution is -2.17. The maximum Gasteiger partial charge on any atom is 0.123 e. The smallest absolute Gasteiger partial charge is 0.123 e. The van der Waals surface area contributed by atoms with E-state index in [4.69, 9.17) is 16.3 Å². The third-order valence-electron chi connectivity index (χ3n) is 3.04. The van der Waals surface area contributed by atoms with Gasteiger partial charge in [-0.3, -0.25) is 0 Å². The molecule has 0 saturated carbocycles. The van der Waals surface area contributed by atoms with Crippen molar-refractivity contribution < 1.29 is 4.74 Å². The summed E-state index contributed by atoms with van der Waals surface area (Å²) < 4.78 is 5.94. The molecule has 2 rings (SSSR count). The van der Waals surface area contributed by atoms with Crippen molar-refractivity contribution in [3.05, 3.63) is 29.3 Å². The van der Waals surface area contributed by atoms with Crippen molar-refractivity contribution >= 4 is 23.4 Å². The molecule has 3 heteroatoms. The number of rotatable bonds is 5. The van der Waals surface area contributed by atoms with Gasteiger partial charge in [0.2, 0.25) is 0 Å². The van der Waals surface area contributed by atoms with E-state index in [2.05, 4.69) is 32.0 Å². The van der Waals surface area contributed by atoms with Gasteiger partial charge in [-0.15, -0.1) is 11.6 Å². The first-order chi connectivity index (χ1) is 8.19. The van der Waals surface area contributed by atoms with Crippen LogP contribution in [0.5, 0.6) is 5.75 Å². The van der Waals surface area contributed by atoms with Gasteiger partial charge in [-0.25, -0.2) is 0 Å². The molecule has 1 heterocycles. The monoisotopic (exact) mass is 270 g/mol. The number of ether oxygens (including phenoxy) is 1. The van der Waals surface area contributed by atoms with E-state index in [1.807, 2.05) is 11.8 Å². The van der Waals surface area contributed by atoms with E-state index in [-0.39, 0.29) is 0 Å². The van der Waals surface area contributed by atoms with Crippen LogP contribution in [0.1, 0.15) is 24.5 Å². The fourth-order valence-corrected chi connectivity index (χ4v) is 3.52. The average molecular weight is 271 g/mol. The van der Waals surface area contributed by atoms with Gasteiger partial charge >= 0.3 is 0 Å². The predicted molar refractivity (Wildman–Crippen MR) is 76.6 cm³/mol. The summed E-state index contributed by atoms with van der Waals surface area (Å²) in [6.45, 7) is 4.37. The van der Waals surface area contributed by atoms with E-state index in [1.165, 1.54) is 11.1 Å². The van der Waals surface area contributed by atoms with Crippen molar-refractivity contribution in [3.8, 4) is 5.75 Å². The van der Waals surface area contributed by atoms with Crippen LogP contribution in [0, 0.1) is 6.92 Å². The maximum atomic E-state index is 5.94. The highest BCUT2D eigenvalue weighted by Crippen LogP contribution is 2.31. The van der Waals surface area contributed by atoms with E-state index < -0.39 is 0 Å². The predicted octanol–water partition coefficient (Wildman–Crippen LogP) is 4.05. The molecule has 0 amide bonds. The second-order valence-corrected chi connectivity index (χ2v) is 6.53. The van der Waals surface area contributed by atoms with Gasteiger partial charge in [0.1, 0.15) is 11.9 Å². The lowest BCUT2D eigenvalue weighted by molar-refractivity contribution is 0.259. The quantitative estimate of drug-likeness (QED) is 0.747. The van der Waals surface area contributed by atoms with Gasteiger partial charge in [0.15, 0.2) is 0 Å². The Balaban J connectivity index is 1.84. The summed E-state index contributed by atoms with van der Waals surface area (Å²) in [6.07, 6.45) is 2.47. The molecule has 1 aliphatic heterocycles. The van der Waals surface area contributed by atoms with E-state index in [0.29, 0.717) is 11.4 Å². The fraction of sp³-hybridized carbons (Fsp3) is 0.571. The third-order valence-corrected chi connectivity index (χ3v) is 4.63. The summed E-state index contributed by atoms with van der Waals surface area (Å²) in [4.78, 5) is 0. The van der Waals surface area contributed by atoms with Gasteiger partial charge in [0.05, 0.1) is 0 Å². The van der Waals surface area contributed by atoms with Crippen LogP contribution in [0.15, 0.2) is 18.2 Å². The molecule has 0 radical (unpaired) electrons. The van der Waals surface area contributed by atoms with Crippen molar-refractivity contribution in [3.63, 3.8) is 0 Å². The van der Waals surface area contributed by atoms with Crippen LogP contribution in [-0.2, 0) is 6.42 Å². The van der Waals surface area contributed by atoms with Crippen molar-refractivity contribution in [1.82, 2.24) is 0 Å². The molecule has 0 bridgehead atoms. The molecule has 1 aliphatic rings. The minimum absolute atomic E-state index is 0.342. The minimum atomic E-state index is 0.342. The molecule has 0 N–H and O–H groups in total. The van der Waals surface area contributed by atoms with E-state index in [1.54, 1.807) is 0 Å². The van der Waals surface area contributed by atoms with Crippen LogP contribution in [0.3, 0.4) is 0 Å². The summed E-state index contributed by atoms with van der Waals surface area (Å²) in [7, 11) is 0. The summed E-state index contributed by atoms with van der Waals surface area (Å²) >= 11 is 7.70. The van der Waals surface area contributed by atoms with Gasteiger partial charge < -0.3 is 4.74 Å². The first kappa shape index (κ1) is 13.1. The lowest BCUT2D eigenvalue weighted by atomic mass is 10.1. The molecular formula is C14H19ClOS. The van der Waals surface area contributed by atoms with Crippen molar-refractivity contribution in [1.29, 1.82) is 0 Å². The number of benzene rings is 1. The lowest BCUT2D eigenvalue weighted by Gasteiger charge is -2.13. The van der Waals surface area contributed by atoms with Gasteiger partial charge in [-0.05, 0) is 25.0 Å². The molecule has 0 fully saturated rings. The largest absolute Gasteiger partial charge is 0.489 e. The molecule has 1 nitrogen and oxygen atoms in total. The Bertz CT molecular complexity index is 380. The number of thioether (sulfide) groups is 1. The fourth-order valence-electron chi connectivity index (χ4n) is 2.05. The molecule has 0 aromatic heterocycles.